The fourth-order valence-corrected chi connectivity index (χ4v) is 1.95. The van der Waals surface area contributed by atoms with Gasteiger partial charge in [-0.1, -0.05) is 11.6 Å². The van der Waals surface area contributed by atoms with Gasteiger partial charge in [0.25, 0.3) is 5.91 Å². The highest BCUT2D eigenvalue weighted by molar-refractivity contribution is 6.31. The smallest absolute Gasteiger partial charge is 0.354 e. The van der Waals surface area contributed by atoms with Gasteiger partial charge in [0.1, 0.15) is 5.69 Å². The molecular formula is C14H13ClN2O3. The lowest BCUT2D eigenvalue weighted by Gasteiger charge is -2.06. The van der Waals surface area contributed by atoms with Gasteiger partial charge in [0.05, 0.1) is 5.69 Å². The van der Waals surface area contributed by atoms with Crippen molar-refractivity contribution in [2.45, 2.75) is 13.8 Å². The normalized spacial score (nSPS) is 10.3. The zero-order valence-electron chi connectivity index (χ0n) is 11.0. The number of benzene rings is 1. The highest BCUT2D eigenvalue weighted by Crippen LogP contribution is 2.20. The Morgan fingerprint density at radius 2 is 1.95 bits per heavy atom. The molecule has 0 fully saturated rings. The summed E-state index contributed by atoms with van der Waals surface area (Å²) in [6, 6.07) is 6.44. The fraction of sp³-hybridized carbons (Fsp3) is 0.143. The van der Waals surface area contributed by atoms with Crippen LogP contribution in [0.4, 0.5) is 5.69 Å². The molecule has 5 nitrogen and oxygen atoms in total. The van der Waals surface area contributed by atoms with E-state index in [1.54, 1.807) is 38.1 Å². The molecule has 1 amide bonds. The first-order chi connectivity index (χ1) is 9.38. The molecule has 0 saturated heterocycles. The Hall–Kier alpha value is -2.27. The van der Waals surface area contributed by atoms with Crippen LogP contribution in [-0.4, -0.2) is 22.0 Å². The summed E-state index contributed by atoms with van der Waals surface area (Å²) < 4.78 is 0. The molecular weight excluding hydrogens is 280 g/mol. The first-order valence-corrected chi connectivity index (χ1v) is 6.26. The summed E-state index contributed by atoms with van der Waals surface area (Å²) in [6.07, 6.45) is 0. The van der Waals surface area contributed by atoms with Gasteiger partial charge in [0, 0.05) is 16.3 Å². The quantitative estimate of drug-likeness (QED) is 0.812. The SMILES string of the molecule is Cc1cc(NC(=O)c2ccc(Cl)c(C)c2)c(C(=O)O)[nH]1. The third-order valence-electron chi connectivity index (χ3n) is 2.83. The number of nitrogens with one attached hydrogen (secondary N) is 2. The molecule has 3 N–H and O–H groups in total. The van der Waals surface area contributed by atoms with Crippen molar-refractivity contribution in [1.82, 2.24) is 4.98 Å². The topological polar surface area (TPSA) is 82.2 Å². The average Bonchev–Trinajstić information content (AvgIpc) is 2.73. The number of carboxylic acid groups (broad SMARTS) is 1. The van der Waals surface area contributed by atoms with Crippen LogP contribution in [0.25, 0.3) is 0 Å². The molecule has 104 valence electrons. The van der Waals surface area contributed by atoms with E-state index in [0.717, 1.165) is 5.56 Å². The van der Waals surface area contributed by atoms with E-state index in [9.17, 15) is 9.59 Å². The molecule has 0 atom stereocenters. The Balaban J connectivity index is 2.27. The van der Waals surface area contributed by atoms with E-state index in [2.05, 4.69) is 10.3 Å². The van der Waals surface area contributed by atoms with Crippen LogP contribution >= 0.6 is 11.6 Å². The predicted molar refractivity (Wildman–Crippen MR) is 76.6 cm³/mol. The lowest BCUT2D eigenvalue weighted by molar-refractivity contribution is 0.0692. The van der Waals surface area contributed by atoms with E-state index < -0.39 is 5.97 Å². The number of anilines is 1. The summed E-state index contributed by atoms with van der Waals surface area (Å²) in [5.41, 5.74) is 2.06. The van der Waals surface area contributed by atoms with Crippen molar-refractivity contribution >= 4 is 29.2 Å². The molecule has 0 spiro atoms. The number of aromatic carboxylic acids is 1. The second kappa shape index (κ2) is 5.38. The summed E-state index contributed by atoms with van der Waals surface area (Å²) in [5.74, 6) is -1.51. The number of hydrogen-bond acceptors (Lipinski definition) is 2. The third kappa shape index (κ3) is 2.83. The molecule has 6 heteroatoms. The van der Waals surface area contributed by atoms with Gasteiger partial charge in [-0.2, -0.15) is 0 Å². The minimum Gasteiger partial charge on any atom is -0.477 e. The van der Waals surface area contributed by atoms with E-state index in [4.69, 9.17) is 16.7 Å². The van der Waals surface area contributed by atoms with Crippen LogP contribution in [-0.2, 0) is 0 Å². The van der Waals surface area contributed by atoms with E-state index in [1.165, 1.54) is 0 Å². The van der Waals surface area contributed by atoms with Crippen LogP contribution in [0.5, 0.6) is 0 Å². The second-order valence-electron chi connectivity index (χ2n) is 4.46. The molecule has 20 heavy (non-hydrogen) atoms. The summed E-state index contributed by atoms with van der Waals surface area (Å²) in [5, 5.41) is 12.2. The molecule has 1 heterocycles. The van der Waals surface area contributed by atoms with Crippen molar-refractivity contribution in [3.63, 3.8) is 0 Å². The molecule has 2 aromatic rings. The van der Waals surface area contributed by atoms with Crippen LogP contribution in [0.1, 0.15) is 32.1 Å². The largest absolute Gasteiger partial charge is 0.477 e. The van der Waals surface area contributed by atoms with Crippen LogP contribution < -0.4 is 5.32 Å². The maximum atomic E-state index is 12.1. The van der Waals surface area contributed by atoms with Crippen LogP contribution in [0.2, 0.25) is 5.02 Å². The van der Waals surface area contributed by atoms with E-state index in [0.29, 0.717) is 16.3 Å². The van der Waals surface area contributed by atoms with Gasteiger partial charge < -0.3 is 15.4 Å². The van der Waals surface area contributed by atoms with Crippen molar-refractivity contribution in [2.75, 3.05) is 5.32 Å². The fourth-order valence-electron chi connectivity index (χ4n) is 1.84. The number of carbonyl (C=O) groups excluding carboxylic acids is 1. The van der Waals surface area contributed by atoms with Gasteiger partial charge in [-0.25, -0.2) is 4.79 Å². The monoisotopic (exact) mass is 292 g/mol. The molecule has 0 aliphatic rings. The number of carbonyl (C=O) groups is 2. The number of H-pyrrole nitrogens is 1. The zero-order valence-corrected chi connectivity index (χ0v) is 11.7. The number of amides is 1. The zero-order chi connectivity index (χ0) is 14.9. The summed E-state index contributed by atoms with van der Waals surface area (Å²) in [7, 11) is 0. The third-order valence-corrected chi connectivity index (χ3v) is 3.26. The van der Waals surface area contributed by atoms with Crippen molar-refractivity contribution in [3.8, 4) is 0 Å². The lowest BCUT2D eigenvalue weighted by atomic mass is 10.1. The molecule has 0 aliphatic heterocycles. The van der Waals surface area contributed by atoms with Crippen LogP contribution in [0, 0.1) is 13.8 Å². The van der Waals surface area contributed by atoms with E-state index >= 15 is 0 Å². The molecule has 0 radical (unpaired) electrons. The minimum atomic E-state index is -1.12. The molecule has 0 saturated carbocycles. The highest BCUT2D eigenvalue weighted by atomic mass is 35.5. The maximum absolute atomic E-state index is 12.1. The Bertz CT molecular complexity index is 692. The van der Waals surface area contributed by atoms with Gasteiger partial charge in [0.15, 0.2) is 0 Å². The first-order valence-electron chi connectivity index (χ1n) is 5.89. The summed E-state index contributed by atoms with van der Waals surface area (Å²) in [6.45, 7) is 3.51. The predicted octanol–water partition coefficient (Wildman–Crippen LogP) is 3.24. The molecule has 1 aromatic carbocycles. The number of carboxylic acids is 1. The number of aryl methyl sites for hydroxylation is 2. The minimum absolute atomic E-state index is 0.0402. The van der Waals surface area contributed by atoms with Crippen LogP contribution in [0.3, 0.4) is 0 Å². The molecule has 2 rings (SSSR count). The maximum Gasteiger partial charge on any atom is 0.354 e. The van der Waals surface area contributed by atoms with Gasteiger partial charge in [-0.3, -0.25) is 4.79 Å². The Morgan fingerprint density at radius 3 is 2.55 bits per heavy atom. The van der Waals surface area contributed by atoms with Crippen LogP contribution in [0.15, 0.2) is 24.3 Å². The molecule has 0 aliphatic carbocycles. The number of aromatic nitrogens is 1. The summed E-state index contributed by atoms with van der Waals surface area (Å²) in [4.78, 5) is 25.8. The van der Waals surface area contributed by atoms with Gasteiger partial charge in [-0.15, -0.1) is 0 Å². The molecule has 0 unspecified atom stereocenters. The number of aromatic amines is 1. The number of halogens is 1. The Labute approximate surface area is 120 Å². The van der Waals surface area contributed by atoms with E-state index in [1.807, 2.05) is 0 Å². The van der Waals surface area contributed by atoms with Crippen molar-refractivity contribution in [3.05, 3.63) is 51.8 Å². The van der Waals surface area contributed by atoms with Gasteiger partial charge in [0.2, 0.25) is 0 Å². The van der Waals surface area contributed by atoms with Crippen molar-refractivity contribution in [2.24, 2.45) is 0 Å². The number of hydrogen-bond donors (Lipinski definition) is 3. The molecule has 0 bridgehead atoms. The van der Waals surface area contributed by atoms with Crippen molar-refractivity contribution in [1.29, 1.82) is 0 Å². The first kappa shape index (κ1) is 14.1. The number of rotatable bonds is 3. The highest BCUT2D eigenvalue weighted by Gasteiger charge is 2.16. The Kier molecular flexibility index (Phi) is 3.81. The average molecular weight is 293 g/mol. The van der Waals surface area contributed by atoms with E-state index in [-0.39, 0.29) is 17.3 Å². The van der Waals surface area contributed by atoms with Gasteiger partial charge in [-0.05, 0) is 43.7 Å². The second-order valence-corrected chi connectivity index (χ2v) is 4.87. The van der Waals surface area contributed by atoms with Crippen molar-refractivity contribution < 1.29 is 14.7 Å². The Morgan fingerprint density at radius 1 is 1.25 bits per heavy atom. The van der Waals surface area contributed by atoms with Gasteiger partial charge >= 0.3 is 5.97 Å². The standard InChI is InChI=1S/C14H13ClN2O3/c1-7-5-9(3-4-10(7)15)13(18)17-11-6-8(2)16-12(11)14(19)20/h3-6,16H,1-2H3,(H,17,18)(H,19,20). The summed E-state index contributed by atoms with van der Waals surface area (Å²) >= 11 is 5.90. The molecule has 1 aromatic heterocycles. The lowest BCUT2D eigenvalue weighted by Crippen LogP contribution is -2.14.